The van der Waals surface area contributed by atoms with E-state index in [4.69, 9.17) is 0 Å². The van der Waals surface area contributed by atoms with Gasteiger partial charge in [-0.25, -0.2) is 4.68 Å². The molecule has 4 heteroatoms. The van der Waals surface area contributed by atoms with Gasteiger partial charge in [-0.2, -0.15) is 5.10 Å². The van der Waals surface area contributed by atoms with Gasteiger partial charge in [-0.15, -0.1) is 0 Å². The lowest BCUT2D eigenvalue weighted by atomic mass is 10.2. The fourth-order valence-corrected chi connectivity index (χ4v) is 2.25. The molecule has 2 rings (SSSR count). The molecule has 0 unspecified atom stereocenters. The molecular weight excluding hydrogens is 250 g/mol. The fourth-order valence-electron chi connectivity index (χ4n) is 2.25. The number of nitrogens with zero attached hydrogens (tertiary/aromatic N) is 2. The van der Waals surface area contributed by atoms with Crippen molar-refractivity contribution in [2.24, 2.45) is 0 Å². The van der Waals surface area contributed by atoms with Crippen LogP contribution in [0.5, 0.6) is 0 Å². The van der Waals surface area contributed by atoms with Crippen LogP contribution >= 0.6 is 0 Å². The maximum atomic E-state index is 11.6. The van der Waals surface area contributed by atoms with E-state index in [-0.39, 0.29) is 5.91 Å². The van der Waals surface area contributed by atoms with Crippen LogP contribution in [0.15, 0.2) is 30.3 Å². The predicted molar refractivity (Wildman–Crippen MR) is 79.8 cm³/mol. The van der Waals surface area contributed by atoms with Crippen LogP contribution in [0.4, 0.5) is 0 Å². The normalized spacial score (nSPS) is 10.6. The van der Waals surface area contributed by atoms with E-state index >= 15 is 0 Å². The summed E-state index contributed by atoms with van der Waals surface area (Å²) in [5.41, 5.74) is 4.17. The first-order valence-electron chi connectivity index (χ1n) is 7.00. The Bertz CT molecular complexity index is 587. The van der Waals surface area contributed by atoms with Crippen LogP contribution < -0.4 is 5.32 Å². The average Bonchev–Trinajstić information content (AvgIpc) is 2.73. The van der Waals surface area contributed by atoms with Crippen LogP contribution in [0, 0.1) is 13.8 Å². The van der Waals surface area contributed by atoms with Gasteiger partial charge in [-0.1, -0.05) is 25.1 Å². The summed E-state index contributed by atoms with van der Waals surface area (Å²) >= 11 is 0. The van der Waals surface area contributed by atoms with E-state index in [9.17, 15) is 4.79 Å². The van der Waals surface area contributed by atoms with Crippen molar-refractivity contribution < 1.29 is 4.79 Å². The first kappa shape index (κ1) is 14.3. The molecule has 0 aliphatic rings. The van der Waals surface area contributed by atoms with Crippen molar-refractivity contribution in [1.29, 1.82) is 0 Å². The van der Waals surface area contributed by atoms with Crippen LogP contribution in [0.1, 0.15) is 36.7 Å². The van der Waals surface area contributed by atoms with Crippen molar-refractivity contribution in [3.63, 3.8) is 0 Å². The number of amides is 1. The average molecular weight is 271 g/mol. The number of benzene rings is 1. The van der Waals surface area contributed by atoms with Gasteiger partial charge in [0.05, 0.1) is 11.4 Å². The SMILES string of the molecule is CCCC(=O)NCc1c(C)nn(-c2ccccc2)c1C. The molecule has 0 saturated heterocycles. The lowest BCUT2D eigenvalue weighted by Crippen LogP contribution is -2.22. The van der Waals surface area contributed by atoms with Crippen molar-refractivity contribution in [2.45, 2.75) is 40.2 Å². The van der Waals surface area contributed by atoms with Crippen molar-refractivity contribution >= 4 is 5.91 Å². The predicted octanol–water partition coefficient (Wildman–Crippen LogP) is 2.91. The smallest absolute Gasteiger partial charge is 0.220 e. The number of carbonyl (C=O) groups is 1. The number of aromatic nitrogens is 2. The zero-order chi connectivity index (χ0) is 14.5. The number of carbonyl (C=O) groups excluding carboxylic acids is 1. The molecule has 0 aliphatic carbocycles. The monoisotopic (exact) mass is 271 g/mol. The number of hydrogen-bond donors (Lipinski definition) is 1. The molecule has 0 radical (unpaired) electrons. The maximum absolute atomic E-state index is 11.6. The van der Waals surface area contributed by atoms with E-state index in [1.807, 2.05) is 55.8 Å². The molecule has 20 heavy (non-hydrogen) atoms. The highest BCUT2D eigenvalue weighted by Gasteiger charge is 2.13. The van der Waals surface area contributed by atoms with E-state index in [1.54, 1.807) is 0 Å². The van der Waals surface area contributed by atoms with Gasteiger partial charge in [-0.05, 0) is 32.4 Å². The molecule has 0 saturated carbocycles. The molecule has 4 nitrogen and oxygen atoms in total. The minimum atomic E-state index is 0.0961. The summed E-state index contributed by atoms with van der Waals surface area (Å²) in [7, 11) is 0. The van der Waals surface area contributed by atoms with Crippen molar-refractivity contribution in [1.82, 2.24) is 15.1 Å². The second kappa shape index (κ2) is 6.37. The Kier molecular flexibility index (Phi) is 4.56. The molecule has 2 aromatic rings. The van der Waals surface area contributed by atoms with Crippen LogP contribution in [0.2, 0.25) is 0 Å². The van der Waals surface area contributed by atoms with Gasteiger partial charge < -0.3 is 5.32 Å². The van der Waals surface area contributed by atoms with E-state index < -0.39 is 0 Å². The second-order valence-corrected chi connectivity index (χ2v) is 4.92. The number of hydrogen-bond acceptors (Lipinski definition) is 2. The Hall–Kier alpha value is -2.10. The van der Waals surface area contributed by atoms with Crippen LogP contribution in [-0.4, -0.2) is 15.7 Å². The molecule has 1 N–H and O–H groups in total. The first-order valence-corrected chi connectivity index (χ1v) is 7.00. The van der Waals surface area contributed by atoms with E-state index in [0.29, 0.717) is 13.0 Å². The lowest BCUT2D eigenvalue weighted by molar-refractivity contribution is -0.121. The first-order chi connectivity index (χ1) is 9.63. The summed E-state index contributed by atoms with van der Waals surface area (Å²) in [5.74, 6) is 0.0961. The summed E-state index contributed by atoms with van der Waals surface area (Å²) < 4.78 is 1.93. The fraction of sp³-hybridized carbons (Fsp3) is 0.375. The zero-order valence-electron chi connectivity index (χ0n) is 12.3. The zero-order valence-corrected chi connectivity index (χ0v) is 12.3. The Balaban J connectivity index is 2.19. The van der Waals surface area contributed by atoms with E-state index in [2.05, 4.69) is 10.4 Å². The molecule has 0 bridgehead atoms. The standard InChI is InChI=1S/C16H21N3O/c1-4-8-16(20)17-11-15-12(2)18-19(13(15)3)14-9-6-5-7-10-14/h5-7,9-10H,4,8,11H2,1-3H3,(H,17,20). The third kappa shape index (κ3) is 3.07. The molecular formula is C16H21N3O. The van der Waals surface area contributed by atoms with Gasteiger partial charge in [0.15, 0.2) is 0 Å². The van der Waals surface area contributed by atoms with Crippen molar-refractivity contribution in [3.05, 3.63) is 47.3 Å². The van der Waals surface area contributed by atoms with Gasteiger partial charge in [0.25, 0.3) is 0 Å². The van der Waals surface area contributed by atoms with Gasteiger partial charge in [0.2, 0.25) is 5.91 Å². The highest BCUT2D eigenvalue weighted by Crippen LogP contribution is 2.17. The number of aryl methyl sites for hydroxylation is 1. The summed E-state index contributed by atoms with van der Waals surface area (Å²) in [6.45, 7) is 6.56. The van der Waals surface area contributed by atoms with Crippen LogP contribution in [-0.2, 0) is 11.3 Å². The van der Waals surface area contributed by atoms with Gasteiger partial charge >= 0.3 is 0 Å². The Morgan fingerprint density at radius 1 is 1.25 bits per heavy atom. The quantitative estimate of drug-likeness (QED) is 0.909. The molecule has 1 aromatic heterocycles. The maximum Gasteiger partial charge on any atom is 0.220 e. The molecule has 0 fully saturated rings. The third-order valence-electron chi connectivity index (χ3n) is 3.38. The minimum Gasteiger partial charge on any atom is -0.352 e. The summed E-state index contributed by atoms with van der Waals surface area (Å²) in [6.07, 6.45) is 1.44. The third-order valence-corrected chi connectivity index (χ3v) is 3.38. The summed E-state index contributed by atoms with van der Waals surface area (Å²) in [6, 6.07) is 10.0. The Labute approximate surface area is 119 Å². The molecule has 1 heterocycles. The molecule has 0 aliphatic heterocycles. The van der Waals surface area contributed by atoms with Gasteiger partial charge in [0, 0.05) is 24.2 Å². The van der Waals surface area contributed by atoms with Gasteiger partial charge in [-0.3, -0.25) is 4.79 Å². The molecule has 1 amide bonds. The summed E-state index contributed by atoms with van der Waals surface area (Å²) in [5, 5.41) is 7.52. The van der Waals surface area contributed by atoms with Gasteiger partial charge in [0.1, 0.15) is 0 Å². The van der Waals surface area contributed by atoms with Crippen molar-refractivity contribution in [2.75, 3.05) is 0 Å². The van der Waals surface area contributed by atoms with Crippen LogP contribution in [0.3, 0.4) is 0 Å². The summed E-state index contributed by atoms with van der Waals surface area (Å²) in [4.78, 5) is 11.6. The highest BCUT2D eigenvalue weighted by atomic mass is 16.1. The Morgan fingerprint density at radius 3 is 2.60 bits per heavy atom. The largest absolute Gasteiger partial charge is 0.352 e. The molecule has 106 valence electrons. The second-order valence-electron chi connectivity index (χ2n) is 4.92. The minimum absolute atomic E-state index is 0.0961. The molecule has 0 atom stereocenters. The number of nitrogens with one attached hydrogen (secondary N) is 1. The lowest BCUT2D eigenvalue weighted by Gasteiger charge is -2.06. The highest BCUT2D eigenvalue weighted by molar-refractivity contribution is 5.75. The number of rotatable bonds is 5. The topological polar surface area (TPSA) is 46.9 Å². The number of para-hydroxylation sites is 1. The molecule has 0 spiro atoms. The van der Waals surface area contributed by atoms with E-state index in [1.165, 1.54) is 0 Å². The Morgan fingerprint density at radius 2 is 1.95 bits per heavy atom. The van der Waals surface area contributed by atoms with Crippen molar-refractivity contribution in [3.8, 4) is 5.69 Å². The molecule has 1 aromatic carbocycles. The van der Waals surface area contributed by atoms with E-state index in [0.717, 1.165) is 29.1 Å². The van der Waals surface area contributed by atoms with Crippen LogP contribution in [0.25, 0.3) is 5.69 Å².